The van der Waals surface area contributed by atoms with Crippen molar-refractivity contribution >= 4 is 11.4 Å². The summed E-state index contributed by atoms with van der Waals surface area (Å²) in [5.41, 5.74) is 2.30. The summed E-state index contributed by atoms with van der Waals surface area (Å²) in [6.07, 6.45) is 7.81. The van der Waals surface area contributed by atoms with Crippen LogP contribution in [-0.2, 0) is 10.3 Å². The average molecular weight is 460 g/mol. The maximum Gasteiger partial charge on any atom is 0.168 e. The van der Waals surface area contributed by atoms with Gasteiger partial charge < -0.3 is 19.9 Å². The van der Waals surface area contributed by atoms with E-state index in [1.165, 1.54) is 0 Å². The van der Waals surface area contributed by atoms with Crippen LogP contribution < -0.4 is 10.1 Å². The summed E-state index contributed by atoms with van der Waals surface area (Å²) in [7, 11) is 0. The molecule has 1 aliphatic carbocycles. The molecule has 34 heavy (non-hydrogen) atoms. The minimum absolute atomic E-state index is 0.316. The molecule has 0 unspecified atom stereocenters. The van der Waals surface area contributed by atoms with Crippen molar-refractivity contribution in [1.29, 1.82) is 5.26 Å². The average Bonchev–Trinajstić information content (AvgIpc) is 3.60. The Morgan fingerprint density at radius 2 is 1.97 bits per heavy atom. The van der Waals surface area contributed by atoms with Gasteiger partial charge in [-0.15, -0.1) is 0 Å². The summed E-state index contributed by atoms with van der Waals surface area (Å²) in [6, 6.07) is 11.6. The highest BCUT2D eigenvalue weighted by molar-refractivity contribution is 5.68. The number of aromatic nitrogens is 3. The van der Waals surface area contributed by atoms with Crippen molar-refractivity contribution in [2.45, 2.75) is 57.1 Å². The van der Waals surface area contributed by atoms with Crippen molar-refractivity contribution in [3.8, 4) is 17.6 Å². The molecule has 2 fully saturated rings. The summed E-state index contributed by atoms with van der Waals surface area (Å²) in [4.78, 5) is 4.25. The van der Waals surface area contributed by atoms with Crippen LogP contribution in [0.3, 0.4) is 0 Å². The lowest BCUT2D eigenvalue weighted by Crippen LogP contribution is -2.17. The fourth-order valence-electron chi connectivity index (χ4n) is 4.16. The van der Waals surface area contributed by atoms with Crippen LogP contribution in [0.4, 0.5) is 11.4 Å². The van der Waals surface area contributed by atoms with Gasteiger partial charge in [0.15, 0.2) is 5.75 Å². The first-order valence-electron chi connectivity index (χ1n) is 11.8. The minimum Gasteiger partial charge on any atom is -0.454 e. The van der Waals surface area contributed by atoms with E-state index < -0.39 is 5.60 Å². The van der Waals surface area contributed by atoms with Gasteiger partial charge in [-0.3, -0.25) is 9.67 Å². The Morgan fingerprint density at radius 1 is 1.18 bits per heavy atom. The smallest absolute Gasteiger partial charge is 0.168 e. The molecule has 0 spiro atoms. The molecule has 0 amide bonds. The number of rotatable bonds is 7. The maximum atomic E-state index is 10.3. The first-order valence-corrected chi connectivity index (χ1v) is 11.8. The van der Waals surface area contributed by atoms with Gasteiger partial charge in [-0.1, -0.05) is 0 Å². The van der Waals surface area contributed by atoms with E-state index in [4.69, 9.17) is 14.6 Å². The number of hydrogen-bond donors (Lipinski definition) is 2. The lowest BCUT2D eigenvalue weighted by molar-refractivity contribution is 0.0739. The minimum atomic E-state index is -1.07. The van der Waals surface area contributed by atoms with Crippen LogP contribution in [0.15, 0.2) is 42.7 Å². The number of pyridine rings is 1. The van der Waals surface area contributed by atoms with Crippen LogP contribution in [0, 0.1) is 11.3 Å². The van der Waals surface area contributed by atoms with Crippen LogP contribution >= 0.6 is 0 Å². The Bertz CT molecular complexity index is 1210. The van der Waals surface area contributed by atoms with Crippen LogP contribution in [0.2, 0.25) is 0 Å². The number of nitrogens with zero attached hydrogens (tertiary/aromatic N) is 4. The first kappa shape index (κ1) is 22.4. The van der Waals surface area contributed by atoms with Gasteiger partial charge in [-0.25, -0.2) is 0 Å². The summed E-state index contributed by atoms with van der Waals surface area (Å²) in [5, 5.41) is 28.1. The third-order valence-corrected chi connectivity index (χ3v) is 6.26. The second kappa shape index (κ2) is 9.09. The number of nitriles is 1. The van der Waals surface area contributed by atoms with E-state index in [0.717, 1.165) is 56.0 Å². The van der Waals surface area contributed by atoms with Crippen molar-refractivity contribution < 1.29 is 14.6 Å². The molecule has 5 rings (SSSR count). The Balaban J connectivity index is 1.43. The van der Waals surface area contributed by atoms with Gasteiger partial charge in [0.2, 0.25) is 0 Å². The third-order valence-electron chi connectivity index (χ3n) is 6.26. The van der Waals surface area contributed by atoms with E-state index >= 15 is 0 Å². The first-order chi connectivity index (χ1) is 16.4. The standard InChI is InChI=1S/C26H29N5O3/c1-26(2,32)24-13-19(7-10-28-24)29-22-14-21(6-3-18(22)15-27)34-23-16-31(20-4-5-20)30-25(23)17-8-11-33-12-9-17/h3,6-7,10,13-14,16-17,20,32H,4-5,8-9,11-12H2,1-2H3,(H,28,29). The molecule has 0 atom stereocenters. The Labute approximate surface area is 199 Å². The second-order valence-corrected chi connectivity index (χ2v) is 9.51. The fourth-order valence-corrected chi connectivity index (χ4v) is 4.16. The van der Waals surface area contributed by atoms with Gasteiger partial charge in [0.1, 0.15) is 23.1 Å². The molecular formula is C26H29N5O3. The normalized spacial score (nSPS) is 16.8. The van der Waals surface area contributed by atoms with Gasteiger partial charge >= 0.3 is 0 Å². The molecule has 2 N–H and O–H groups in total. The fraction of sp³-hybridized carbons (Fsp3) is 0.423. The molecule has 1 saturated carbocycles. The van der Waals surface area contributed by atoms with E-state index in [9.17, 15) is 10.4 Å². The van der Waals surface area contributed by atoms with Gasteiger partial charge in [-0.2, -0.15) is 10.4 Å². The van der Waals surface area contributed by atoms with E-state index in [-0.39, 0.29) is 0 Å². The molecule has 176 valence electrons. The number of hydrogen-bond acceptors (Lipinski definition) is 7. The SMILES string of the molecule is CC(C)(O)c1cc(Nc2cc(Oc3cn(C4CC4)nc3C3CCOCC3)ccc2C#N)ccn1. The number of anilines is 2. The van der Waals surface area contributed by atoms with Crippen molar-refractivity contribution in [1.82, 2.24) is 14.8 Å². The Kier molecular flexibility index (Phi) is 5.98. The zero-order valence-corrected chi connectivity index (χ0v) is 19.5. The molecule has 1 saturated heterocycles. The predicted molar refractivity (Wildman–Crippen MR) is 127 cm³/mol. The van der Waals surface area contributed by atoms with Gasteiger partial charge in [0, 0.05) is 37.1 Å². The number of nitrogens with one attached hydrogen (secondary N) is 1. The van der Waals surface area contributed by atoms with Crippen molar-refractivity contribution in [3.63, 3.8) is 0 Å². The van der Waals surface area contributed by atoms with Crippen LogP contribution in [0.25, 0.3) is 0 Å². The van der Waals surface area contributed by atoms with Gasteiger partial charge in [0.05, 0.1) is 29.2 Å². The van der Waals surface area contributed by atoms with E-state index in [0.29, 0.717) is 34.7 Å². The molecular weight excluding hydrogens is 430 g/mol. The summed E-state index contributed by atoms with van der Waals surface area (Å²) < 4.78 is 13.9. The summed E-state index contributed by atoms with van der Waals surface area (Å²) >= 11 is 0. The third kappa shape index (κ3) is 4.91. The molecule has 0 radical (unpaired) electrons. The number of ether oxygens (including phenoxy) is 2. The highest BCUT2D eigenvalue weighted by atomic mass is 16.5. The lowest BCUT2D eigenvalue weighted by Gasteiger charge is -2.21. The van der Waals surface area contributed by atoms with Crippen molar-refractivity contribution in [2.75, 3.05) is 18.5 Å². The molecule has 2 aliphatic rings. The molecule has 2 aromatic heterocycles. The van der Waals surface area contributed by atoms with E-state index in [2.05, 4.69) is 16.4 Å². The van der Waals surface area contributed by atoms with Crippen LogP contribution in [0.1, 0.15) is 68.4 Å². The Morgan fingerprint density at radius 3 is 2.68 bits per heavy atom. The van der Waals surface area contributed by atoms with Crippen molar-refractivity contribution in [3.05, 3.63) is 59.7 Å². The van der Waals surface area contributed by atoms with E-state index in [1.54, 1.807) is 44.3 Å². The zero-order valence-electron chi connectivity index (χ0n) is 19.5. The Hall–Kier alpha value is -3.41. The highest BCUT2D eigenvalue weighted by Crippen LogP contribution is 2.41. The molecule has 1 aliphatic heterocycles. The molecule has 0 bridgehead atoms. The molecule has 8 nitrogen and oxygen atoms in total. The van der Waals surface area contributed by atoms with Crippen molar-refractivity contribution in [2.24, 2.45) is 0 Å². The molecule has 3 heterocycles. The van der Waals surface area contributed by atoms with E-state index in [1.807, 2.05) is 16.9 Å². The van der Waals surface area contributed by atoms with Gasteiger partial charge in [0.25, 0.3) is 0 Å². The van der Waals surface area contributed by atoms with Gasteiger partial charge in [-0.05, 0) is 63.8 Å². The second-order valence-electron chi connectivity index (χ2n) is 9.51. The largest absolute Gasteiger partial charge is 0.454 e. The number of aliphatic hydroxyl groups is 1. The lowest BCUT2D eigenvalue weighted by atomic mass is 9.96. The summed E-state index contributed by atoms with van der Waals surface area (Å²) in [6.45, 7) is 4.85. The molecule has 1 aromatic carbocycles. The highest BCUT2D eigenvalue weighted by Gasteiger charge is 2.30. The molecule has 3 aromatic rings. The topological polar surface area (TPSA) is 105 Å². The quantitative estimate of drug-likeness (QED) is 0.504. The predicted octanol–water partition coefficient (Wildman–Crippen LogP) is 5.14. The zero-order chi connectivity index (χ0) is 23.7. The molecule has 8 heteroatoms. The summed E-state index contributed by atoms with van der Waals surface area (Å²) in [5.74, 6) is 1.71. The van der Waals surface area contributed by atoms with Crippen LogP contribution in [-0.4, -0.2) is 33.1 Å². The number of benzene rings is 1. The van der Waals surface area contributed by atoms with Crippen LogP contribution in [0.5, 0.6) is 11.5 Å². The maximum absolute atomic E-state index is 10.3. The monoisotopic (exact) mass is 459 g/mol.